The maximum absolute atomic E-state index is 12.8. The Morgan fingerprint density at radius 3 is 2.39 bits per heavy atom. The summed E-state index contributed by atoms with van der Waals surface area (Å²) >= 11 is 0. The number of likely N-dealkylation sites (tertiary alicyclic amines) is 1. The van der Waals surface area contributed by atoms with Crippen molar-refractivity contribution in [2.45, 2.75) is 39.2 Å². The first-order chi connectivity index (χ1) is 15.0. The van der Waals surface area contributed by atoms with Crippen LogP contribution < -0.4 is 15.1 Å². The number of carbonyl (C=O) groups excluding carboxylic acids is 2. The minimum atomic E-state index is -0.0803. The molecule has 4 rings (SSSR count). The van der Waals surface area contributed by atoms with Crippen molar-refractivity contribution >= 4 is 29.1 Å². The van der Waals surface area contributed by atoms with Crippen LogP contribution in [0.3, 0.4) is 0 Å². The van der Waals surface area contributed by atoms with Crippen LogP contribution in [0.5, 0.6) is 0 Å². The van der Waals surface area contributed by atoms with E-state index in [2.05, 4.69) is 29.0 Å². The number of aromatic nitrogens is 1. The lowest BCUT2D eigenvalue weighted by Gasteiger charge is -2.34. The van der Waals surface area contributed by atoms with Crippen LogP contribution in [0, 0.1) is 5.92 Å². The molecule has 0 spiro atoms. The average Bonchev–Trinajstić information content (AvgIpc) is 3.16. The van der Waals surface area contributed by atoms with E-state index in [-0.39, 0.29) is 11.9 Å². The number of urea groups is 1. The molecule has 0 radical (unpaired) electrons. The van der Waals surface area contributed by atoms with E-state index in [1.807, 2.05) is 36.4 Å². The van der Waals surface area contributed by atoms with Gasteiger partial charge in [0.2, 0.25) is 5.91 Å². The Hall–Kier alpha value is -2.93. The molecule has 3 amide bonds. The van der Waals surface area contributed by atoms with Gasteiger partial charge in [-0.3, -0.25) is 14.6 Å². The maximum atomic E-state index is 12.8. The molecule has 164 valence electrons. The van der Waals surface area contributed by atoms with Gasteiger partial charge in [0.15, 0.2) is 0 Å². The van der Waals surface area contributed by atoms with Crippen LogP contribution in [0.15, 0.2) is 48.7 Å². The second kappa shape index (κ2) is 9.47. The number of para-hydroxylation sites is 1. The first-order valence-electron chi connectivity index (χ1n) is 11.2. The van der Waals surface area contributed by atoms with Crippen molar-refractivity contribution in [3.05, 3.63) is 48.7 Å². The van der Waals surface area contributed by atoms with Crippen molar-refractivity contribution in [2.75, 3.05) is 41.3 Å². The third-order valence-electron chi connectivity index (χ3n) is 6.24. The van der Waals surface area contributed by atoms with Crippen LogP contribution in [0.1, 0.15) is 33.1 Å². The molecule has 2 aromatic rings. The lowest BCUT2D eigenvalue weighted by atomic mass is 9.92. The van der Waals surface area contributed by atoms with Crippen molar-refractivity contribution in [3.8, 4) is 0 Å². The Balaban J connectivity index is 1.30. The SMILES string of the molecule is CC(C)N1CCC(CC(=O)Nc2ccc(N3CCN(c4ccccc4)C3=O)nc2)CC1. The molecule has 2 saturated heterocycles. The molecular formula is C24H31N5O2. The van der Waals surface area contributed by atoms with Crippen molar-refractivity contribution in [2.24, 2.45) is 5.92 Å². The normalized spacial score (nSPS) is 18.1. The van der Waals surface area contributed by atoms with Gasteiger partial charge in [0, 0.05) is 31.2 Å². The van der Waals surface area contributed by atoms with E-state index >= 15 is 0 Å². The molecule has 1 aromatic carbocycles. The molecule has 1 aromatic heterocycles. The van der Waals surface area contributed by atoms with Crippen molar-refractivity contribution in [1.29, 1.82) is 0 Å². The van der Waals surface area contributed by atoms with Crippen molar-refractivity contribution in [1.82, 2.24) is 9.88 Å². The Kier molecular flexibility index (Phi) is 6.51. The van der Waals surface area contributed by atoms with E-state index in [0.29, 0.717) is 43.0 Å². The van der Waals surface area contributed by atoms with Crippen LogP contribution in [0.2, 0.25) is 0 Å². The minimum absolute atomic E-state index is 0.0325. The molecule has 31 heavy (non-hydrogen) atoms. The number of anilines is 3. The molecule has 0 bridgehead atoms. The van der Waals surface area contributed by atoms with Crippen LogP contribution >= 0.6 is 0 Å². The summed E-state index contributed by atoms with van der Waals surface area (Å²) in [6, 6.07) is 13.8. The van der Waals surface area contributed by atoms with Crippen molar-refractivity contribution in [3.63, 3.8) is 0 Å². The van der Waals surface area contributed by atoms with Gasteiger partial charge in [0.1, 0.15) is 5.82 Å². The summed E-state index contributed by atoms with van der Waals surface area (Å²) in [7, 11) is 0. The van der Waals surface area contributed by atoms with E-state index in [1.165, 1.54) is 0 Å². The average molecular weight is 422 g/mol. The fourth-order valence-corrected chi connectivity index (χ4v) is 4.36. The van der Waals surface area contributed by atoms with Crippen LogP contribution in [-0.4, -0.2) is 54.0 Å². The highest BCUT2D eigenvalue weighted by Crippen LogP contribution is 2.25. The number of hydrogen-bond donors (Lipinski definition) is 1. The third kappa shape index (κ3) is 5.05. The molecule has 0 unspecified atom stereocenters. The van der Waals surface area contributed by atoms with Gasteiger partial charge in [-0.05, 0) is 70.0 Å². The number of piperidine rings is 1. The largest absolute Gasteiger partial charge is 0.330 e. The molecule has 2 fully saturated rings. The number of pyridine rings is 1. The lowest BCUT2D eigenvalue weighted by Crippen LogP contribution is -2.39. The molecule has 2 aliphatic rings. The highest BCUT2D eigenvalue weighted by Gasteiger charge is 2.31. The van der Waals surface area contributed by atoms with Gasteiger partial charge in [-0.15, -0.1) is 0 Å². The minimum Gasteiger partial charge on any atom is -0.325 e. The highest BCUT2D eigenvalue weighted by molar-refractivity contribution is 6.05. The van der Waals surface area contributed by atoms with E-state index in [0.717, 1.165) is 31.6 Å². The summed E-state index contributed by atoms with van der Waals surface area (Å²) in [4.78, 5) is 35.6. The molecule has 3 heterocycles. The lowest BCUT2D eigenvalue weighted by molar-refractivity contribution is -0.117. The summed E-state index contributed by atoms with van der Waals surface area (Å²) < 4.78 is 0. The number of carbonyl (C=O) groups is 2. The second-order valence-electron chi connectivity index (χ2n) is 8.65. The summed E-state index contributed by atoms with van der Waals surface area (Å²) in [5, 5.41) is 2.96. The molecule has 2 aliphatic heterocycles. The first kappa shape index (κ1) is 21.3. The van der Waals surface area contributed by atoms with E-state index in [9.17, 15) is 9.59 Å². The number of hydrogen-bond acceptors (Lipinski definition) is 4. The summed E-state index contributed by atoms with van der Waals surface area (Å²) in [5.41, 5.74) is 1.55. The summed E-state index contributed by atoms with van der Waals surface area (Å²) in [6.45, 7) is 7.78. The zero-order valence-corrected chi connectivity index (χ0v) is 18.3. The molecule has 7 nitrogen and oxygen atoms in total. The van der Waals surface area contributed by atoms with Gasteiger partial charge in [-0.25, -0.2) is 9.78 Å². The van der Waals surface area contributed by atoms with Crippen molar-refractivity contribution < 1.29 is 9.59 Å². The topological polar surface area (TPSA) is 68.8 Å². The number of rotatable bonds is 6. The predicted molar refractivity (Wildman–Crippen MR) is 123 cm³/mol. The Morgan fingerprint density at radius 1 is 1.03 bits per heavy atom. The molecule has 1 N–H and O–H groups in total. The van der Waals surface area contributed by atoms with Crippen LogP contribution in [0.25, 0.3) is 0 Å². The zero-order chi connectivity index (χ0) is 21.8. The number of nitrogens with zero attached hydrogens (tertiary/aromatic N) is 4. The predicted octanol–water partition coefficient (Wildman–Crippen LogP) is 3.98. The van der Waals surface area contributed by atoms with Gasteiger partial charge in [0.25, 0.3) is 0 Å². The Bertz CT molecular complexity index is 892. The summed E-state index contributed by atoms with van der Waals surface area (Å²) in [6.07, 6.45) is 4.31. The molecule has 0 aliphatic carbocycles. The molecule has 0 atom stereocenters. The molecule has 7 heteroatoms. The second-order valence-corrected chi connectivity index (χ2v) is 8.65. The van der Waals surface area contributed by atoms with Gasteiger partial charge < -0.3 is 10.2 Å². The molecule has 0 saturated carbocycles. The maximum Gasteiger partial charge on any atom is 0.330 e. The van der Waals surface area contributed by atoms with E-state index < -0.39 is 0 Å². The fourth-order valence-electron chi connectivity index (χ4n) is 4.36. The Labute approximate surface area is 184 Å². The zero-order valence-electron chi connectivity index (χ0n) is 18.3. The van der Waals surface area contributed by atoms with Gasteiger partial charge >= 0.3 is 6.03 Å². The number of benzene rings is 1. The standard InChI is InChI=1S/C24H31N5O2/c1-18(2)27-12-10-19(11-13-27)16-23(30)26-20-8-9-22(25-17-20)29-15-14-28(24(29)31)21-6-4-3-5-7-21/h3-9,17-19H,10-16H2,1-2H3,(H,26,30). The van der Waals surface area contributed by atoms with Gasteiger partial charge in [-0.1, -0.05) is 18.2 Å². The Morgan fingerprint density at radius 2 is 1.74 bits per heavy atom. The first-order valence-corrected chi connectivity index (χ1v) is 11.2. The van der Waals surface area contributed by atoms with Crippen LogP contribution in [-0.2, 0) is 4.79 Å². The quantitative estimate of drug-likeness (QED) is 0.766. The monoisotopic (exact) mass is 421 g/mol. The third-order valence-corrected chi connectivity index (χ3v) is 6.24. The summed E-state index contributed by atoms with van der Waals surface area (Å²) in [5.74, 6) is 1.07. The van der Waals surface area contributed by atoms with Gasteiger partial charge in [-0.2, -0.15) is 0 Å². The number of amides is 3. The van der Waals surface area contributed by atoms with E-state index in [4.69, 9.17) is 0 Å². The van der Waals surface area contributed by atoms with Crippen LogP contribution in [0.4, 0.5) is 22.0 Å². The molecular weight excluding hydrogens is 390 g/mol. The highest BCUT2D eigenvalue weighted by atomic mass is 16.2. The fraction of sp³-hybridized carbons (Fsp3) is 0.458. The number of nitrogens with one attached hydrogen (secondary N) is 1. The van der Waals surface area contributed by atoms with E-state index in [1.54, 1.807) is 22.1 Å². The van der Waals surface area contributed by atoms with Gasteiger partial charge in [0.05, 0.1) is 11.9 Å². The smallest absolute Gasteiger partial charge is 0.325 e.